The van der Waals surface area contributed by atoms with Gasteiger partial charge in [0.1, 0.15) is 11.7 Å². The van der Waals surface area contributed by atoms with Crippen LogP contribution in [0.15, 0.2) is 52.6 Å². The highest BCUT2D eigenvalue weighted by atomic mass is 32.1. The molecule has 1 atom stereocenters. The van der Waals surface area contributed by atoms with Gasteiger partial charge in [-0.1, -0.05) is 35.5 Å². The Morgan fingerprint density at radius 1 is 1.23 bits per heavy atom. The second-order valence-corrected chi connectivity index (χ2v) is 7.07. The summed E-state index contributed by atoms with van der Waals surface area (Å²) in [7, 11) is 0. The lowest BCUT2D eigenvalue weighted by atomic mass is 10.2. The number of benzene rings is 1. The first-order valence-electron chi connectivity index (χ1n) is 8.42. The molecule has 5 rings (SSSR count). The Balaban J connectivity index is 1.43. The van der Waals surface area contributed by atoms with E-state index in [9.17, 15) is 4.79 Å². The Morgan fingerprint density at radius 2 is 2.12 bits per heavy atom. The quantitative estimate of drug-likeness (QED) is 0.556. The molecule has 3 aromatic heterocycles. The summed E-state index contributed by atoms with van der Waals surface area (Å²) in [5, 5.41) is 6.03. The molecule has 26 heavy (non-hydrogen) atoms. The number of fused-ring (bicyclic) bond motifs is 1. The van der Waals surface area contributed by atoms with Gasteiger partial charge in [0, 0.05) is 29.9 Å². The molecular weight excluding hydrogens is 350 g/mol. The molecule has 4 aromatic rings. The molecule has 1 aliphatic rings. The molecule has 1 saturated heterocycles. The molecule has 8 heteroatoms. The zero-order valence-corrected chi connectivity index (χ0v) is 14.6. The van der Waals surface area contributed by atoms with E-state index in [1.54, 1.807) is 11.1 Å². The first kappa shape index (κ1) is 15.3. The number of amides is 1. The van der Waals surface area contributed by atoms with E-state index in [4.69, 9.17) is 4.52 Å². The van der Waals surface area contributed by atoms with Gasteiger partial charge in [0.2, 0.25) is 11.7 Å². The van der Waals surface area contributed by atoms with Crippen LogP contribution in [0.25, 0.3) is 16.3 Å². The van der Waals surface area contributed by atoms with E-state index in [-0.39, 0.29) is 11.9 Å². The maximum atomic E-state index is 12.9. The standard InChI is InChI=1S/C18H15N5O2S/c24-17(13-11-22-9-10-26-18(22)19-13)23-8-4-7-14(23)16-20-15(21-25-16)12-5-2-1-3-6-12/h1-3,5-6,9-11,14H,4,7-8H2. The highest BCUT2D eigenvalue weighted by Gasteiger charge is 2.35. The molecule has 130 valence electrons. The van der Waals surface area contributed by atoms with Gasteiger partial charge in [0.05, 0.1) is 0 Å². The molecule has 0 bridgehead atoms. The van der Waals surface area contributed by atoms with Gasteiger partial charge in [-0.05, 0) is 12.8 Å². The number of hydrogen-bond acceptors (Lipinski definition) is 6. The average molecular weight is 365 g/mol. The molecule has 0 saturated carbocycles. The van der Waals surface area contributed by atoms with E-state index >= 15 is 0 Å². The maximum absolute atomic E-state index is 12.9. The zero-order chi connectivity index (χ0) is 17.5. The lowest BCUT2D eigenvalue weighted by Gasteiger charge is -2.20. The topological polar surface area (TPSA) is 76.5 Å². The minimum absolute atomic E-state index is 0.0946. The van der Waals surface area contributed by atoms with Gasteiger partial charge in [-0.25, -0.2) is 4.98 Å². The van der Waals surface area contributed by atoms with Crippen LogP contribution < -0.4 is 0 Å². The summed E-state index contributed by atoms with van der Waals surface area (Å²) in [5.41, 5.74) is 1.35. The minimum atomic E-state index is -0.202. The molecule has 0 aliphatic carbocycles. The van der Waals surface area contributed by atoms with Crippen LogP contribution in [0.2, 0.25) is 0 Å². The third-order valence-electron chi connectivity index (χ3n) is 4.58. The monoisotopic (exact) mass is 365 g/mol. The Kier molecular flexibility index (Phi) is 3.56. The van der Waals surface area contributed by atoms with Gasteiger partial charge in [0.25, 0.3) is 5.91 Å². The van der Waals surface area contributed by atoms with Crippen molar-refractivity contribution in [2.45, 2.75) is 18.9 Å². The molecule has 1 aromatic carbocycles. The Labute approximate surface area is 152 Å². The van der Waals surface area contributed by atoms with Crippen LogP contribution in [-0.4, -0.2) is 36.9 Å². The molecule has 0 radical (unpaired) electrons. The largest absolute Gasteiger partial charge is 0.337 e. The zero-order valence-electron chi connectivity index (χ0n) is 13.8. The summed E-state index contributed by atoms with van der Waals surface area (Å²) in [5.74, 6) is 0.931. The number of carbonyl (C=O) groups excluding carboxylic acids is 1. The average Bonchev–Trinajstić information content (AvgIpc) is 3.44. The van der Waals surface area contributed by atoms with E-state index < -0.39 is 0 Å². The van der Waals surface area contributed by atoms with E-state index in [0.717, 1.165) is 23.4 Å². The summed E-state index contributed by atoms with van der Waals surface area (Å²) in [6, 6.07) is 9.47. The van der Waals surface area contributed by atoms with Gasteiger partial charge >= 0.3 is 0 Å². The maximum Gasteiger partial charge on any atom is 0.274 e. The number of imidazole rings is 1. The van der Waals surface area contributed by atoms with E-state index in [1.807, 2.05) is 46.3 Å². The Hall–Kier alpha value is -3.00. The number of rotatable bonds is 3. The number of hydrogen-bond donors (Lipinski definition) is 0. The Bertz CT molecular complexity index is 1040. The molecular formula is C18H15N5O2S. The van der Waals surface area contributed by atoms with Gasteiger partial charge in [-0.3, -0.25) is 9.20 Å². The predicted octanol–water partition coefficient (Wildman–Crippen LogP) is 3.42. The number of aromatic nitrogens is 4. The number of thiazole rings is 1. The number of nitrogens with zero attached hydrogens (tertiary/aromatic N) is 5. The number of likely N-dealkylation sites (tertiary alicyclic amines) is 1. The molecule has 1 fully saturated rings. The van der Waals surface area contributed by atoms with Crippen LogP contribution in [0.4, 0.5) is 0 Å². The van der Waals surface area contributed by atoms with Crippen LogP contribution in [0, 0.1) is 0 Å². The summed E-state index contributed by atoms with van der Waals surface area (Å²) < 4.78 is 7.35. The first-order chi connectivity index (χ1) is 12.8. The summed E-state index contributed by atoms with van der Waals surface area (Å²) in [6.45, 7) is 0.664. The normalized spacial score (nSPS) is 17.2. The fourth-order valence-corrected chi connectivity index (χ4v) is 4.02. The van der Waals surface area contributed by atoms with Crippen molar-refractivity contribution in [3.05, 3.63) is 59.7 Å². The summed E-state index contributed by atoms with van der Waals surface area (Å²) in [4.78, 5) is 24.5. The van der Waals surface area contributed by atoms with Gasteiger partial charge in [-0.2, -0.15) is 4.98 Å². The SMILES string of the molecule is O=C(c1cn2ccsc2n1)N1CCCC1c1nc(-c2ccccc2)no1. The van der Waals surface area contributed by atoms with Crippen molar-refractivity contribution in [1.29, 1.82) is 0 Å². The smallest absolute Gasteiger partial charge is 0.274 e. The van der Waals surface area contributed by atoms with Crippen LogP contribution in [0.1, 0.15) is 35.3 Å². The van der Waals surface area contributed by atoms with Crippen molar-refractivity contribution in [2.24, 2.45) is 0 Å². The van der Waals surface area contributed by atoms with Crippen molar-refractivity contribution in [3.8, 4) is 11.4 Å². The Morgan fingerprint density at radius 3 is 2.96 bits per heavy atom. The fraction of sp³-hybridized carbons (Fsp3) is 0.222. The van der Waals surface area contributed by atoms with Gasteiger partial charge < -0.3 is 9.42 Å². The molecule has 0 N–H and O–H groups in total. The molecule has 4 heterocycles. The van der Waals surface area contributed by atoms with Crippen molar-refractivity contribution in [1.82, 2.24) is 24.4 Å². The predicted molar refractivity (Wildman–Crippen MR) is 95.8 cm³/mol. The van der Waals surface area contributed by atoms with Crippen molar-refractivity contribution in [3.63, 3.8) is 0 Å². The van der Waals surface area contributed by atoms with Crippen LogP contribution >= 0.6 is 11.3 Å². The van der Waals surface area contributed by atoms with Gasteiger partial charge in [-0.15, -0.1) is 11.3 Å². The highest BCUT2D eigenvalue weighted by Crippen LogP contribution is 2.33. The summed E-state index contributed by atoms with van der Waals surface area (Å²) in [6.07, 6.45) is 5.38. The van der Waals surface area contributed by atoms with E-state index in [0.29, 0.717) is 24.0 Å². The molecule has 1 aliphatic heterocycles. The second kappa shape index (κ2) is 6.06. The third kappa shape index (κ3) is 2.50. The number of carbonyl (C=O) groups is 1. The van der Waals surface area contributed by atoms with Crippen molar-refractivity contribution >= 4 is 22.2 Å². The van der Waals surface area contributed by atoms with E-state index in [2.05, 4.69) is 15.1 Å². The van der Waals surface area contributed by atoms with Crippen LogP contribution in [-0.2, 0) is 0 Å². The second-order valence-electron chi connectivity index (χ2n) is 6.20. The minimum Gasteiger partial charge on any atom is -0.337 e. The molecule has 1 amide bonds. The van der Waals surface area contributed by atoms with Crippen molar-refractivity contribution < 1.29 is 9.32 Å². The lowest BCUT2D eigenvalue weighted by molar-refractivity contribution is 0.0705. The summed E-state index contributed by atoms with van der Waals surface area (Å²) >= 11 is 1.51. The lowest BCUT2D eigenvalue weighted by Crippen LogP contribution is -2.31. The van der Waals surface area contributed by atoms with Crippen LogP contribution in [0.5, 0.6) is 0 Å². The highest BCUT2D eigenvalue weighted by molar-refractivity contribution is 7.15. The molecule has 7 nitrogen and oxygen atoms in total. The fourth-order valence-electron chi connectivity index (χ4n) is 3.32. The molecule has 1 unspecified atom stereocenters. The van der Waals surface area contributed by atoms with Crippen LogP contribution in [0.3, 0.4) is 0 Å². The molecule has 0 spiro atoms. The third-order valence-corrected chi connectivity index (χ3v) is 5.36. The van der Waals surface area contributed by atoms with Gasteiger partial charge in [0.15, 0.2) is 4.96 Å². The van der Waals surface area contributed by atoms with Crippen molar-refractivity contribution in [2.75, 3.05) is 6.54 Å². The first-order valence-corrected chi connectivity index (χ1v) is 9.30. The van der Waals surface area contributed by atoms with E-state index in [1.165, 1.54) is 11.3 Å².